The molecule has 1 atom stereocenters. The summed E-state index contributed by atoms with van der Waals surface area (Å²) in [6.45, 7) is 7.07. The molecule has 0 heterocycles. The van der Waals surface area contributed by atoms with Gasteiger partial charge in [0.05, 0.1) is 11.0 Å². The summed E-state index contributed by atoms with van der Waals surface area (Å²) in [6.07, 6.45) is -0.459. The summed E-state index contributed by atoms with van der Waals surface area (Å²) in [6, 6.07) is 8.70. The summed E-state index contributed by atoms with van der Waals surface area (Å²) in [5.41, 5.74) is -0.0746. The van der Waals surface area contributed by atoms with E-state index in [9.17, 15) is 9.59 Å². The van der Waals surface area contributed by atoms with E-state index in [2.05, 4.69) is 0 Å². The van der Waals surface area contributed by atoms with Crippen molar-refractivity contribution in [1.29, 1.82) is 0 Å². The first-order valence-electron chi connectivity index (χ1n) is 6.24. The van der Waals surface area contributed by atoms with Crippen LogP contribution in [-0.4, -0.2) is 24.6 Å². The fraction of sp³-hybridized carbons (Fsp3) is 0.467. The minimum atomic E-state index is -0.558. The number of esters is 2. The molecule has 0 amide bonds. The minimum Gasteiger partial charge on any atom is -0.459 e. The second kappa shape index (κ2) is 6.36. The van der Waals surface area contributed by atoms with Crippen LogP contribution in [0.1, 0.15) is 38.1 Å². The van der Waals surface area contributed by atoms with Gasteiger partial charge < -0.3 is 9.47 Å². The average molecular weight is 264 g/mol. The van der Waals surface area contributed by atoms with Crippen LogP contribution >= 0.6 is 0 Å². The molecule has 0 N–H and O–H groups in total. The number of carbonyl (C=O) groups is 2. The highest BCUT2D eigenvalue weighted by Crippen LogP contribution is 2.16. The van der Waals surface area contributed by atoms with E-state index in [4.69, 9.17) is 9.47 Å². The molecule has 0 saturated carbocycles. The Kier molecular flexibility index (Phi) is 5.10. The van der Waals surface area contributed by atoms with Crippen LogP contribution in [0.4, 0.5) is 0 Å². The lowest BCUT2D eigenvalue weighted by Crippen LogP contribution is -2.29. The summed E-state index contributed by atoms with van der Waals surface area (Å²) in [4.78, 5) is 23.3. The van der Waals surface area contributed by atoms with Crippen molar-refractivity contribution in [1.82, 2.24) is 0 Å². The second-order valence-corrected chi connectivity index (χ2v) is 5.43. The molecule has 1 aromatic carbocycles. The summed E-state index contributed by atoms with van der Waals surface area (Å²) < 4.78 is 10.3. The standard InChI is InChI=1S/C15H20O4/c1-11(19-14(17)15(2,3)4)10-18-13(16)12-8-6-5-7-9-12/h5-9,11H,10H2,1-4H3. The van der Waals surface area contributed by atoms with E-state index in [0.29, 0.717) is 5.56 Å². The van der Waals surface area contributed by atoms with Crippen LogP contribution in [0.3, 0.4) is 0 Å². The molecule has 1 unspecified atom stereocenters. The number of carbonyl (C=O) groups excluding carboxylic acids is 2. The smallest absolute Gasteiger partial charge is 0.338 e. The Balaban J connectivity index is 2.41. The first-order valence-corrected chi connectivity index (χ1v) is 6.24. The number of hydrogen-bond acceptors (Lipinski definition) is 4. The van der Waals surface area contributed by atoms with Gasteiger partial charge in [-0.2, -0.15) is 0 Å². The largest absolute Gasteiger partial charge is 0.459 e. The Labute approximate surface area is 113 Å². The van der Waals surface area contributed by atoms with Crippen LogP contribution < -0.4 is 0 Å². The van der Waals surface area contributed by atoms with Crippen molar-refractivity contribution in [3.05, 3.63) is 35.9 Å². The molecule has 0 aromatic heterocycles. The molecule has 0 saturated heterocycles. The Morgan fingerprint density at radius 2 is 1.74 bits per heavy atom. The van der Waals surface area contributed by atoms with Gasteiger partial charge in [-0.15, -0.1) is 0 Å². The zero-order valence-corrected chi connectivity index (χ0v) is 11.8. The molecule has 4 heteroatoms. The quantitative estimate of drug-likeness (QED) is 0.785. The zero-order chi connectivity index (χ0) is 14.5. The first kappa shape index (κ1) is 15.2. The lowest BCUT2D eigenvalue weighted by atomic mass is 9.97. The van der Waals surface area contributed by atoms with Gasteiger partial charge in [0.15, 0.2) is 0 Å². The topological polar surface area (TPSA) is 52.6 Å². The van der Waals surface area contributed by atoms with Crippen LogP contribution in [0.25, 0.3) is 0 Å². The Bertz CT molecular complexity index is 431. The second-order valence-electron chi connectivity index (χ2n) is 5.43. The van der Waals surface area contributed by atoms with Crippen LogP contribution in [0, 0.1) is 5.41 Å². The van der Waals surface area contributed by atoms with Crippen LogP contribution in [0.2, 0.25) is 0 Å². The van der Waals surface area contributed by atoms with Crippen molar-refractivity contribution >= 4 is 11.9 Å². The van der Waals surface area contributed by atoms with E-state index in [1.807, 2.05) is 6.07 Å². The lowest BCUT2D eigenvalue weighted by molar-refractivity contribution is -0.159. The SMILES string of the molecule is CC(COC(=O)c1ccccc1)OC(=O)C(C)(C)C. The van der Waals surface area contributed by atoms with Gasteiger partial charge in [-0.05, 0) is 39.8 Å². The highest BCUT2D eigenvalue weighted by atomic mass is 16.6. The monoisotopic (exact) mass is 264 g/mol. The molecule has 1 rings (SSSR count). The molecule has 0 radical (unpaired) electrons. The molecule has 0 bridgehead atoms. The molecule has 1 aromatic rings. The van der Waals surface area contributed by atoms with Gasteiger partial charge in [0, 0.05) is 0 Å². The van der Waals surface area contributed by atoms with Gasteiger partial charge in [-0.1, -0.05) is 18.2 Å². The molecule has 19 heavy (non-hydrogen) atoms. The van der Waals surface area contributed by atoms with Crippen molar-refractivity contribution < 1.29 is 19.1 Å². The molecular formula is C15H20O4. The molecule has 0 spiro atoms. The fourth-order valence-electron chi connectivity index (χ4n) is 1.24. The summed E-state index contributed by atoms with van der Waals surface area (Å²) in [5, 5.41) is 0. The van der Waals surface area contributed by atoms with Crippen molar-refractivity contribution in [3.63, 3.8) is 0 Å². The van der Waals surface area contributed by atoms with Crippen molar-refractivity contribution in [3.8, 4) is 0 Å². The number of benzene rings is 1. The van der Waals surface area contributed by atoms with Crippen LogP contribution in [0.15, 0.2) is 30.3 Å². The average Bonchev–Trinajstić information content (AvgIpc) is 2.35. The van der Waals surface area contributed by atoms with E-state index in [-0.39, 0.29) is 12.6 Å². The summed E-state index contributed by atoms with van der Waals surface area (Å²) >= 11 is 0. The van der Waals surface area contributed by atoms with E-state index >= 15 is 0 Å². The third kappa shape index (κ3) is 5.12. The van der Waals surface area contributed by atoms with Crippen LogP contribution in [0.5, 0.6) is 0 Å². The molecule has 0 aliphatic rings. The molecule has 0 aliphatic carbocycles. The van der Waals surface area contributed by atoms with Gasteiger partial charge in [0.25, 0.3) is 0 Å². The van der Waals surface area contributed by atoms with Gasteiger partial charge >= 0.3 is 11.9 Å². The molecule has 104 valence electrons. The Morgan fingerprint density at radius 3 is 2.26 bits per heavy atom. The third-order valence-corrected chi connectivity index (χ3v) is 2.38. The predicted molar refractivity (Wildman–Crippen MR) is 71.7 cm³/mol. The minimum absolute atomic E-state index is 0.0511. The van der Waals surface area contributed by atoms with Crippen LogP contribution in [-0.2, 0) is 14.3 Å². The van der Waals surface area contributed by atoms with E-state index in [1.165, 1.54) is 0 Å². The molecule has 0 aliphatic heterocycles. The number of rotatable bonds is 4. The molecule has 4 nitrogen and oxygen atoms in total. The predicted octanol–water partition coefficient (Wildman–Crippen LogP) is 2.82. The summed E-state index contributed by atoms with van der Waals surface area (Å²) in [5.74, 6) is -0.727. The Morgan fingerprint density at radius 1 is 1.16 bits per heavy atom. The van der Waals surface area contributed by atoms with Gasteiger partial charge in [0.2, 0.25) is 0 Å². The highest BCUT2D eigenvalue weighted by molar-refractivity contribution is 5.89. The van der Waals surface area contributed by atoms with Gasteiger partial charge in [-0.3, -0.25) is 4.79 Å². The molecular weight excluding hydrogens is 244 g/mol. The lowest BCUT2D eigenvalue weighted by Gasteiger charge is -2.20. The van der Waals surface area contributed by atoms with Crippen molar-refractivity contribution in [2.45, 2.75) is 33.8 Å². The van der Waals surface area contributed by atoms with E-state index < -0.39 is 17.5 Å². The summed E-state index contributed by atoms with van der Waals surface area (Å²) in [7, 11) is 0. The van der Waals surface area contributed by atoms with Crippen molar-refractivity contribution in [2.24, 2.45) is 5.41 Å². The maximum atomic E-state index is 11.7. The third-order valence-electron chi connectivity index (χ3n) is 2.38. The van der Waals surface area contributed by atoms with E-state index in [1.54, 1.807) is 52.0 Å². The fourth-order valence-corrected chi connectivity index (χ4v) is 1.24. The maximum absolute atomic E-state index is 11.7. The number of hydrogen-bond donors (Lipinski definition) is 0. The number of ether oxygens (including phenoxy) is 2. The van der Waals surface area contributed by atoms with Gasteiger partial charge in [0.1, 0.15) is 12.7 Å². The Hall–Kier alpha value is -1.84. The zero-order valence-electron chi connectivity index (χ0n) is 11.8. The van der Waals surface area contributed by atoms with E-state index in [0.717, 1.165) is 0 Å². The first-order chi connectivity index (χ1) is 8.80. The van der Waals surface area contributed by atoms with Gasteiger partial charge in [-0.25, -0.2) is 4.79 Å². The van der Waals surface area contributed by atoms with Crippen molar-refractivity contribution in [2.75, 3.05) is 6.61 Å². The maximum Gasteiger partial charge on any atom is 0.338 e. The normalized spacial score (nSPS) is 12.6. The highest BCUT2D eigenvalue weighted by Gasteiger charge is 2.25. The molecule has 0 fully saturated rings.